The Bertz CT molecular complexity index is 932. The molecule has 1 saturated heterocycles. The summed E-state index contributed by atoms with van der Waals surface area (Å²) in [7, 11) is 0. The van der Waals surface area contributed by atoms with Gasteiger partial charge in [0.05, 0.1) is 5.75 Å². The van der Waals surface area contributed by atoms with Gasteiger partial charge >= 0.3 is 0 Å². The first-order valence-corrected chi connectivity index (χ1v) is 13.0. The zero-order valence-electron chi connectivity index (χ0n) is 17.9. The number of hydrogen-bond donors (Lipinski definition) is 0. The molecule has 0 N–H and O–H groups in total. The molecule has 0 saturated carbocycles. The molecule has 3 heterocycles. The normalized spacial score (nSPS) is 14.9. The van der Waals surface area contributed by atoms with Gasteiger partial charge in [-0.1, -0.05) is 67.4 Å². The molecule has 1 aliphatic heterocycles. The quantitative estimate of drug-likeness (QED) is 0.447. The maximum atomic E-state index is 12.8. The number of likely N-dealkylation sites (tertiary alicyclic amines) is 1. The van der Waals surface area contributed by atoms with E-state index in [4.69, 9.17) is 0 Å². The summed E-state index contributed by atoms with van der Waals surface area (Å²) >= 11 is 3.27. The van der Waals surface area contributed by atoms with Gasteiger partial charge in [-0.2, -0.15) is 0 Å². The van der Waals surface area contributed by atoms with Crippen LogP contribution in [-0.2, 0) is 24.2 Å². The van der Waals surface area contributed by atoms with Crippen LogP contribution >= 0.6 is 23.1 Å². The minimum absolute atomic E-state index is 0.226. The first-order valence-electron chi connectivity index (χ1n) is 11.2. The molecule has 1 amide bonds. The van der Waals surface area contributed by atoms with Crippen molar-refractivity contribution in [2.75, 3.05) is 18.8 Å². The highest BCUT2D eigenvalue weighted by molar-refractivity contribution is 7.99. The van der Waals surface area contributed by atoms with Crippen molar-refractivity contribution < 1.29 is 4.79 Å². The summed E-state index contributed by atoms with van der Waals surface area (Å²) < 4.78 is 2.21. The fourth-order valence-corrected chi connectivity index (χ4v) is 5.54. The Hall–Kier alpha value is -2.12. The molecule has 0 atom stereocenters. The van der Waals surface area contributed by atoms with Crippen LogP contribution < -0.4 is 0 Å². The molecule has 1 fully saturated rings. The Labute approximate surface area is 192 Å². The van der Waals surface area contributed by atoms with Gasteiger partial charge in [-0.25, -0.2) is 0 Å². The SMILES string of the molecule is O=C(CSc1nnc(Cc2cccs2)n1CCc1ccccc1)N1CCCCCCC1. The van der Waals surface area contributed by atoms with Crippen LogP contribution in [0.5, 0.6) is 0 Å². The largest absolute Gasteiger partial charge is 0.342 e. The molecule has 2 aromatic heterocycles. The molecule has 1 aromatic carbocycles. The molecule has 7 heteroatoms. The molecular weight excluding hydrogens is 424 g/mol. The summed E-state index contributed by atoms with van der Waals surface area (Å²) in [5, 5.41) is 11.9. The summed E-state index contributed by atoms with van der Waals surface area (Å²) in [4.78, 5) is 16.2. The van der Waals surface area contributed by atoms with Crippen LogP contribution in [0.25, 0.3) is 0 Å². The van der Waals surface area contributed by atoms with E-state index in [0.717, 1.165) is 56.3 Å². The smallest absolute Gasteiger partial charge is 0.233 e. The molecule has 0 spiro atoms. The van der Waals surface area contributed by atoms with E-state index in [1.165, 1.54) is 41.5 Å². The fourth-order valence-electron chi connectivity index (χ4n) is 3.95. The van der Waals surface area contributed by atoms with Gasteiger partial charge in [0.1, 0.15) is 5.82 Å². The lowest BCUT2D eigenvalue weighted by Crippen LogP contribution is -2.35. The maximum Gasteiger partial charge on any atom is 0.233 e. The van der Waals surface area contributed by atoms with Crippen LogP contribution in [0.4, 0.5) is 0 Å². The van der Waals surface area contributed by atoms with Crippen LogP contribution in [0.15, 0.2) is 53.0 Å². The second kappa shape index (κ2) is 11.5. The number of carbonyl (C=O) groups is 1. The highest BCUT2D eigenvalue weighted by atomic mass is 32.2. The van der Waals surface area contributed by atoms with E-state index in [1.807, 2.05) is 11.0 Å². The van der Waals surface area contributed by atoms with Gasteiger partial charge in [-0.3, -0.25) is 4.79 Å². The average molecular weight is 455 g/mol. The van der Waals surface area contributed by atoms with Crippen LogP contribution in [0.3, 0.4) is 0 Å². The standard InChI is InChI=1S/C24H30N4OS2/c29-23(27-14-7-2-1-3-8-15-27)19-31-24-26-25-22(18-21-12-9-17-30-21)28(24)16-13-20-10-5-4-6-11-20/h4-6,9-12,17H,1-3,7-8,13-16,18-19H2. The Morgan fingerprint density at radius 3 is 2.48 bits per heavy atom. The molecule has 0 aliphatic carbocycles. The summed E-state index contributed by atoms with van der Waals surface area (Å²) in [5.74, 6) is 1.63. The maximum absolute atomic E-state index is 12.8. The monoisotopic (exact) mass is 454 g/mol. The number of thioether (sulfide) groups is 1. The lowest BCUT2D eigenvalue weighted by Gasteiger charge is -2.24. The van der Waals surface area contributed by atoms with Gasteiger partial charge in [0.15, 0.2) is 5.16 Å². The summed E-state index contributed by atoms with van der Waals surface area (Å²) in [6, 6.07) is 14.7. The Balaban J connectivity index is 1.43. The van der Waals surface area contributed by atoms with E-state index in [1.54, 1.807) is 11.3 Å². The summed E-state index contributed by atoms with van der Waals surface area (Å²) in [5.41, 5.74) is 1.30. The molecule has 1 aliphatic rings. The second-order valence-electron chi connectivity index (χ2n) is 7.98. The summed E-state index contributed by atoms with van der Waals surface area (Å²) in [6.07, 6.45) is 7.70. The van der Waals surface area contributed by atoms with Gasteiger partial charge in [0.2, 0.25) is 5.91 Å². The number of carbonyl (C=O) groups excluding carboxylic acids is 1. The van der Waals surface area contributed by atoms with E-state index in [2.05, 4.69) is 56.5 Å². The minimum Gasteiger partial charge on any atom is -0.342 e. The highest BCUT2D eigenvalue weighted by Gasteiger charge is 2.18. The van der Waals surface area contributed by atoms with Crippen molar-refractivity contribution >= 4 is 29.0 Å². The van der Waals surface area contributed by atoms with Crippen molar-refractivity contribution in [3.8, 4) is 0 Å². The molecule has 164 valence electrons. The molecule has 0 bridgehead atoms. The fraction of sp³-hybridized carbons (Fsp3) is 0.458. The summed E-state index contributed by atoms with van der Waals surface area (Å²) in [6.45, 7) is 2.60. The Kier molecular flexibility index (Phi) is 8.18. The number of rotatable bonds is 8. The number of thiophene rings is 1. The predicted molar refractivity (Wildman–Crippen MR) is 128 cm³/mol. The molecular formula is C24H30N4OS2. The lowest BCUT2D eigenvalue weighted by molar-refractivity contribution is -0.128. The van der Waals surface area contributed by atoms with Crippen molar-refractivity contribution in [1.29, 1.82) is 0 Å². The van der Waals surface area contributed by atoms with Crippen molar-refractivity contribution in [2.24, 2.45) is 0 Å². The van der Waals surface area contributed by atoms with E-state index in [9.17, 15) is 4.79 Å². The van der Waals surface area contributed by atoms with Crippen LogP contribution in [0.2, 0.25) is 0 Å². The number of aryl methyl sites for hydroxylation is 1. The molecule has 0 radical (unpaired) electrons. The number of amides is 1. The second-order valence-corrected chi connectivity index (χ2v) is 9.95. The van der Waals surface area contributed by atoms with Crippen LogP contribution in [0, 0.1) is 0 Å². The highest BCUT2D eigenvalue weighted by Crippen LogP contribution is 2.22. The van der Waals surface area contributed by atoms with Crippen molar-refractivity contribution in [2.45, 2.75) is 56.6 Å². The zero-order valence-corrected chi connectivity index (χ0v) is 19.5. The third-order valence-corrected chi connectivity index (χ3v) is 7.53. The van der Waals surface area contributed by atoms with Crippen molar-refractivity contribution in [1.82, 2.24) is 19.7 Å². The Morgan fingerprint density at radius 1 is 0.968 bits per heavy atom. The number of aromatic nitrogens is 3. The van der Waals surface area contributed by atoms with Crippen molar-refractivity contribution in [3.05, 3.63) is 64.1 Å². The van der Waals surface area contributed by atoms with Gasteiger partial charge in [-0.15, -0.1) is 21.5 Å². The number of nitrogens with zero attached hydrogens (tertiary/aromatic N) is 4. The molecule has 0 unspecified atom stereocenters. The lowest BCUT2D eigenvalue weighted by atomic mass is 10.1. The molecule has 5 nitrogen and oxygen atoms in total. The van der Waals surface area contributed by atoms with Gasteiger partial charge in [-0.05, 0) is 36.3 Å². The topological polar surface area (TPSA) is 51.0 Å². The van der Waals surface area contributed by atoms with Crippen LogP contribution in [-0.4, -0.2) is 44.4 Å². The van der Waals surface area contributed by atoms with E-state index in [-0.39, 0.29) is 5.91 Å². The molecule has 31 heavy (non-hydrogen) atoms. The minimum atomic E-state index is 0.226. The van der Waals surface area contributed by atoms with Gasteiger partial charge in [0.25, 0.3) is 0 Å². The van der Waals surface area contributed by atoms with E-state index < -0.39 is 0 Å². The average Bonchev–Trinajstić information content (AvgIpc) is 3.41. The van der Waals surface area contributed by atoms with Gasteiger partial charge < -0.3 is 9.47 Å². The number of benzene rings is 1. The third-order valence-electron chi connectivity index (χ3n) is 5.71. The molecule has 3 aromatic rings. The van der Waals surface area contributed by atoms with Crippen molar-refractivity contribution in [3.63, 3.8) is 0 Å². The predicted octanol–water partition coefficient (Wildman–Crippen LogP) is 5.06. The van der Waals surface area contributed by atoms with Crippen LogP contribution in [0.1, 0.15) is 48.4 Å². The zero-order chi connectivity index (χ0) is 21.3. The third kappa shape index (κ3) is 6.43. The van der Waals surface area contributed by atoms with Gasteiger partial charge in [0, 0.05) is 30.9 Å². The molecule has 4 rings (SSSR count). The van der Waals surface area contributed by atoms with E-state index in [0.29, 0.717) is 5.75 Å². The first kappa shape index (κ1) is 22.1. The number of hydrogen-bond acceptors (Lipinski definition) is 5. The Morgan fingerprint density at radius 2 is 1.74 bits per heavy atom. The van der Waals surface area contributed by atoms with E-state index >= 15 is 0 Å². The first-order chi connectivity index (χ1) is 15.3.